The Hall–Kier alpha value is -0.810. The fraction of sp³-hybridized carbons (Fsp3) is 0.833. The van der Waals surface area contributed by atoms with E-state index in [1.54, 1.807) is 4.90 Å². The maximum atomic E-state index is 12.2. The van der Waals surface area contributed by atoms with Crippen LogP contribution >= 0.6 is 12.4 Å². The summed E-state index contributed by atoms with van der Waals surface area (Å²) in [6.45, 7) is 3.16. The summed E-state index contributed by atoms with van der Waals surface area (Å²) < 4.78 is 4.76. The molecule has 0 spiro atoms. The fourth-order valence-corrected chi connectivity index (χ4v) is 2.25. The van der Waals surface area contributed by atoms with Gasteiger partial charge in [-0.2, -0.15) is 0 Å². The van der Waals surface area contributed by atoms with Gasteiger partial charge in [-0.25, -0.2) is 4.79 Å². The van der Waals surface area contributed by atoms with Gasteiger partial charge in [-0.05, 0) is 26.3 Å². The maximum Gasteiger partial charge on any atom is 0.328 e. The first-order chi connectivity index (χ1) is 8.11. The monoisotopic (exact) mass is 278 g/mol. The zero-order valence-electron chi connectivity index (χ0n) is 11.3. The van der Waals surface area contributed by atoms with Crippen LogP contribution in [0.25, 0.3) is 0 Å². The third-order valence-electron chi connectivity index (χ3n) is 3.19. The summed E-state index contributed by atoms with van der Waals surface area (Å²) in [6.07, 6.45) is 2.65. The first-order valence-corrected chi connectivity index (χ1v) is 6.14. The Kier molecular flexibility index (Phi) is 7.95. The third-order valence-corrected chi connectivity index (χ3v) is 3.19. The van der Waals surface area contributed by atoms with Crippen molar-refractivity contribution in [3.63, 3.8) is 0 Å². The molecular formula is C12H23ClN2O3. The molecule has 2 unspecified atom stereocenters. The lowest BCUT2D eigenvalue weighted by Gasteiger charge is -2.35. The van der Waals surface area contributed by atoms with Gasteiger partial charge in [0, 0.05) is 19.0 Å². The number of methoxy groups -OCH3 is 1. The number of amides is 1. The molecule has 0 aromatic rings. The Bertz CT molecular complexity index is 286. The number of nitrogens with zero attached hydrogens (tertiary/aromatic N) is 1. The van der Waals surface area contributed by atoms with Crippen molar-refractivity contribution in [2.24, 2.45) is 5.92 Å². The van der Waals surface area contributed by atoms with Crippen LogP contribution in [0.15, 0.2) is 0 Å². The van der Waals surface area contributed by atoms with Gasteiger partial charge < -0.3 is 15.0 Å². The number of carbonyl (C=O) groups is 2. The van der Waals surface area contributed by atoms with Crippen molar-refractivity contribution >= 4 is 24.3 Å². The normalized spacial score (nSPS) is 20.8. The first-order valence-electron chi connectivity index (χ1n) is 6.14. The molecule has 0 aromatic heterocycles. The number of hydrogen-bond donors (Lipinski definition) is 1. The van der Waals surface area contributed by atoms with Gasteiger partial charge in [-0.15, -0.1) is 12.4 Å². The molecule has 0 saturated carbocycles. The highest BCUT2D eigenvalue weighted by Crippen LogP contribution is 2.20. The molecule has 1 amide bonds. The highest BCUT2D eigenvalue weighted by Gasteiger charge is 2.34. The molecule has 1 aliphatic heterocycles. The molecule has 0 radical (unpaired) electrons. The standard InChI is InChI=1S/C12H22N2O3.ClH/c1-9(8-13-2)11(15)14-7-5-4-6-10(14)12(16)17-3;/h9-10,13H,4-8H2,1-3H3;1H. The number of piperidine rings is 1. The lowest BCUT2D eigenvalue weighted by Crippen LogP contribution is -2.51. The Morgan fingerprint density at radius 1 is 1.44 bits per heavy atom. The van der Waals surface area contributed by atoms with E-state index >= 15 is 0 Å². The molecule has 1 saturated heterocycles. The SMILES string of the molecule is CNCC(C)C(=O)N1CCCCC1C(=O)OC.Cl. The summed E-state index contributed by atoms with van der Waals surface area (Å²) in [6, 6.07) is -0.388. The first kappa shape index (κ1) is 17.2. The summed E-state index contributed by atoms with van der Waals surface area (Å²) in [5, 5.41) is 2.98. The minimum atomic E-state index is -0.388. The fourth-order valence-electron chi connectivity index (χ4n) is 2.25. The van der Waals surface area contributed by atoms with Gasteiger partial charge in [0.25, 0.3) is 0 Å². The van der Waals surface area contributed by atoms with Crippen LogP contribution in [0.3, 0.4) is 0 Å². The highest BCUT2D eigenvalue weighted by molar-refractivity contribution is 5.86. The van der Waals surface area contributed by atoms with E-state index in [2.05, 4.69) is 5.32 Å². The lowest BCUT2D eigenvalue weighted by atomic mass is 9.99. The van der Waals surface area contributed by atoms with E-state index in [1.165, 1.54) is 7.11 Å². The van der Waals surface area contributed by atoms with Crippen LogP contribution in [-0.4, -0.2) is 50.1 Å². The van der Waals surface area contributed by atoms with Crippen LogP contribution in [-0.2, 0) is 14.3 Å². The maximum absolute atomic E-state index is 12.2. The van der Waals surface area contributed by atoms with E-state index in [1.807, 2.05) is 14.0 Å². The second-order valence-corrected chi connectivity index (χ2v) is 4.53. The molecule has 0 bridgehead atoms. The van der Waals surface area contributed by atoms with Crippen molar-refractivity contribution in [2.45, 2.75) is 32.2 Å². The summed E-state index contributed by atoms with van der Waals surface area (Å²) in [5.74, 6) is -0.366. The van der Waals surface area contributed by atoms with E-state index in [-0.39, 0.29) is 36.2 Å². The van der Waals surface area contributed by atoms with Crippen LogP contribution in [0, 0.1) is 5.92 Å². The number of carbonyl (C=O) groups excluding carboxylic acids is 2. The van der Waals surface area contributed by atoms with Gasteiger partial charge in [0.1, 0.15) is 6.04 Å². The zero-order valence-corrected chi connectivity index (χ0v) is 12.1. The van der Waals surface area contributed by atoms with Crippen LogP contribution in [0.5, 0.6) is 0 Å². The topological polar surface area (TPSA) is 58.6 Å². The number of esters is 1. The second kappa shape index (κ2) is 8.32. The van der Waals surface area contributed by atoms with Crippen molar-refractivity contribution in [3.05, 3.63) is 0 Å². The van der Waals surface area contributed by atoms with E-state index in [0.29, 0.717) is 19.5 Å². The summed E-state index contributed by atoms with van der Waals surface area (Å²) in [5.41, 5.74) is 0. The van der Waals surface area contributed by atoms with E-state index < -0.39 is 0 Å². The minimum Gasteiger partial charge on any atom is -0.467 e. The Morgan fingerprint density at radius 2 is 2.11 bits per heavy atom. The number of hydrogen-bond acceptors (Lipinski definition) is 4. The predicted molar refractivity (Wildman–Crippen MR) is 71.7 cm³/mol. The largest absolute Gasteiger partial charge is 0.467 e. The number of ether oxygens (including phenoxy) is 1. The van der Waals surface area contributed by atoms with Crippen LogP contribution in [0.2, 0.25) is 0 Å². The number of likely N-dealkylation sites (tertiary alicyclic amines) is 1. The van der Waals surface area contributed by atoms with Crippen molar-refractivity contribution in [2.75, 3.05) is 27.2 Å². The molecule has 6 heteroatoms. The molecule has 0 aromatic carbocycles. The molecule has 2 atom stereocenters. The molecular weight excluding hydrogens is 256 g/mol. The van der Waals surface area contributed by atoms with Crippen LogP contribution in [0.4, 0.5) is 0 Å². The van der Waals surface area contributed by atoms with Crippen molar-refractivity contribution in [1.82, 2.24) is 10.2 Å². The molecule has 1 rings (SSSR count). The van der Waals surface area contributed by atoms with Crippen molar-refractivity contribution < 1.29 is 14.3 Å². The van der Waals surface area contributed by atoms with Gasteiger partial charge in [0.15, 0.2) is 0 Å². The van der Waals surface area contributed by atoms with E-state index in [4.69, 9.17) is 4.74 Å². The van der Waals surface area contributed by atoms with Gasteiger partial charge >= 0.3 is 5.97 Å². The molecule has 1 aliphatic rings. The summed E-state index contributed by atoms with van der Waals surface area (Å²) in [7, 11) is 3.19. The van der Waals surface area contributed by atoms with E-state index in [0.717, 1.165) is 12.8 Å². The minimum absolute atomic E-state index is 0. The van der Waals surface area contributed by atoms with Gasteiger partial charge in [0.05, 0.1) is 7.11 Å². The quantitative estimate of drug-likeness (QED) is 0.774. The Labute approximate surface area is 115 Å². The van der Waals surface area contributed by atoms with E-state index in [9.17, 15) is 9.59 Å². The van der Waals surface area contributed by atoms with Gasteiger partial charge in [-0.3, -0.25) is 4.79 Å². The van der Waals surface area contributed by atoms with Crippen molar-refractivity contribution in [3.8, 4) is 0 Å². The Balaban J connectivity index is 0.00000289. The molecule has 1 heterocycles. The number of rotatable bonds is 4. The average molecular weight is 279 g/mol. The molecule has 1 fully saturated rings. The lowest BCUT2D eigenvalue weighted by molar-refractivity contribution is -0.156. The zero-order chi connectivity index (χ0) is 12.8. The predicted octanol–water partition coefficient (Wildman–Crippen LogP) is 0.818. The number of nitrogens with one attached hydrogen (secondary N) is 1. The molecule has 1 N–H and O–H groups in total. The van der Waals surface area contributed by atoms with Crippen LogP contribution < -0.4 is 5.32 Å². The summed E-state index contributed by atoms with van der Waals surface area (Å²) in [4.78, 5) is 25.5. The Morgan fingerprint density at radius 3 is 2.67 bits per heavy atom. The second-order valence-electron chi connectivity index (χ2n) is 4.53. The molecule has 106 valence electrons. The molecule has 18 heavy (non-hydrogen) atoms. The van der Waals surface area contributed by atoms with Crippen LogP contribution in [0.1, 0.15) is 26.2 Å². The van der Waals surface area contributed by atoms with Gasteiger partial charge in [0.2, 0.25) is 5.91 Å². The summed E-state index contributed by atoms with van der Waals surface area (Å²) >= 11 is 0. The number of halogens is 1. The molecule has 5 nitrogen and oxygen atoms in total. The smallest absolute Gasteiger partial charge is 0.328 e. The van der Waals surface area contributed by atoms with Gasteiger partial charge in [-0.1, -0.05) is 6.92 Å². The average Bonchev–Trinajstić information content (AvgIpc) is 2.37. The van der Waals surface area contributed by atoms with Crippen molar-refractivity contribution in [1.29, 1.82) is 0 Å². The third kappa shape index (κ3) is 4.14. The highest BCUT2D eigenvalue weighted by atomic mass is 35.5. The molecule has 0 aliphatic carbocycles.